The number of aromatic nitrogens is 4. The lowest BCUT2D eigenvalue weighted by atomic mass is 9.88. The lowest BCUT2D eigenvalue weighted by Gasteiger charge is -2.15. The summed E-state index contributed by atoms with van der Waals surface area (Å²) in [5, 5.41) is 20.6. The largest absolute Gasteiger partial charge is 0.480 e. The molecule has 0 spiro atoms. The second-order valence-electron chi connectivity index (χ2n) is 11.9. The maximum absolute atomic E-state index is 9.54. The van der Waals surface area contributed by atoms with Gasteiger partial charge in [0.15, 0.2) is 11.4 Å². The van der Waals surface area contributed by atoms with Crippen LogP contribution < -0.4 is 22.3 Å². The number of furan rings is 2. The van der Waals surface area contributed by atoms with Crippen LogP contribution in [0, 0.1) is 11.3 Å². The zero-order valence-corrected chi connectivity index (χ0v) is 25.9. The summed E-state index contributed by atoms with van der Waals surface area (Å²) in [6, 6.07) is 1.70. The molecule has 0 fully saturated rings. The Hall–Kier alpha value is -4.87. The molecule has 0 saturated heterocycles. The number of aromatic hydroxyl groups is 1. The van der Waals surface area contributed by atoms with Crippen LogP contribution >= 0.6 is 0 Å². The highest BCUT2D eigenvalue weighted by molar-refractivity contribution is 5.85. The molecule has 6 rings (SSSR count). The lowest BCUT2D eigenvalue weighted by Crippen LogP contribution is -2.10. The molecule has 0 bridgehead atoms. The van der Waals surface area contributed by atoms with E-state index >= 15 is 0 Å². The molecule has 228 valence electrons. The number of anilines is 3. The number of nitrogens with zero attached hydrogens (tertiary/aromatic N) is 4. The van der Waals surface area contributed by atoms with Crippen LogP contribution in [0.2, 0.25) is 0 Å². The van der Waals surface area contributed by atoms with Crippen molar-refractivity contribution in [2.24, 2.45) is 5.92 Å². The Morgan fingerprint density at radius 3 is 2.35 bits per heavy atom. The molecule has 7 N–H and O–H groups in total. The Morgan fingerprint density at radius 2 is 1.72 bits per heavy atom. The maximum atomic E-state index is 9.54. The molecule has 12 heteroatoms. The second kappa shape index (κ2) is 12.2. The standard InChI is InChI=1S/C11H16N4.C10H13N3O.C10H11NO3/c1-6(2)7-4-8-9(5-7)14-11(13-3)15-10(8)12;1-10(2,3)6-4-14-8-7(6)12-5-13-9(8)11;1-5(2)7-6-3-4-13-9(11)8(6)14-10(7)12/h5-6H,4H2,1-3H3,(H3,12,13,14,15);4-5H,1-3H3,(H2,11,12,13);3-5,11-12H,1-2H3. The van der Waals surface area contributed by atoms with Crippen LogP contribution in [0.5, 0.6) is 5.95 Å². The Balaban J connectivity index is 0.000000148. The fourth-order valence-electron chi connectivity index (χ4n) is 4.69. The van der Waals surface area contributed by atoms with Crippen LogP contribution in [0.15, 0.2) is 43.7 Å². The summed E-state index contributed by atoms with van der Waals surface area (Å²) in [7, 11) is 1.79. The predicted molar refractivity (Wildman–Crippen MR) is 168 cm³/mol. The third kappa shape index (κ3) is 6.47. The van der Waals surface area contributed by atoms with Gasteiger partial charge in [-0.1, -0.05) is 54.0 Å². The van der Waals surface area contributed by atoms with Crippen molar-refractivity contribution in [3.8, 4) is 5.95 Å². The number of allylic oxidation sites excluding steroid dienone is 1. The first kappa shape index (κ1) is 31.1. The van der Waals surface area contributed by atoms with Gasteiger partial charge in [-0.25, -0.2) is 15.0 Å². The minimum atomic E-state index is -0.120. The molecule has 0 aliphatic heterocycles. The lowest BCUT2D eigenvalue weighted by molar-refractivity contribution is 0.334. The van der Waals surface area contributed by atoms with Crippen LogP contribution in [0.3, 0.4) is 0 Å². The zero-order valence-electron chi connectivity index (χ0n) is 25.9. The first-order valence-electron chi connectivity index (χ1n) is 14.0. The normalized spacial score (nSPS) is 12.6. The van der Waals surface area contributed by atoms with Crippen LogP contribution in [-0.4, -0.2) is 32.1 Å². The number of rotatable bonds is 3. The molecule has 0 aromatic carbocycles. The number of nitrogens with two attached hydrogens (primary N) is 2. The molecule has 5 aromatic heterocycles. The van der Waals surface area contributed by atoms with Crippen molar-refractivity contribution >= 4 is 45.7 Å². The summed E-state index contributed by atoms with van der Waals surface area (Å²) in [5.41, 5.74) is 18.4. The van der Waals surface area contributed by atoms with Crippen molar-refractivity contribution in [3.63, 3.8) is 0 Å². The van der Waals surface area contributed by atoms with Gasteiger partial charge < -0.3 is 35.1 Å². The highest BCUT2D eigenvalue weighted by atomic mass is 16.5. The fourth-order valence-corrected chi connectivity index (χ4v) is 4.69. The number of hydrogen-bond donors (Lipinski definition) is 5. The van der Waals surface area contributed by atoms with E-state index in [1.54, 1.807) is 19.4 Å². The van der Waals surface area contributed by atoms with Gasteiger partial charge in [-0.2, -0.15) is 4.98 Å². The van der Waals surface area contributed by atoms with Crippen molar-refractivity contribution in [1.29, 1.82) is 5.41 Å². The average molecular weight is 589 g/mol. The highest BCUT2D eigenvalue weighted by Crippen LogP contribution is 2.35. The third-order valence-electron chi connectivity index (χ3n) is 7.10. The molecule has 0 amide bonds. The van der Waals surface area contributed by atoms with Gasteiger partial charge in [0.2, 0.25) is 11.5 Å². The smallest absolute Gasteiger partial charge is 0.286 e. The molecule has 12 nitrogen and oxygen atoms in total. The fraction of sp³-hybridized carbons (Fsp3) is 0.387. The molecular weight excluding hydrogens is 548 g/mol. The first-order valence-corrected chi connectivity index (χ1v) is 14.0. The molecule has 1 aliphatic rings. The van der Waals surface area contributed by atoms with E-state index in [1.807, 2.05) is 13.8 Å². The molecule has 0 radical (unpaired) electrons. The van der Waals surface area contributed by atoms with Gasteiger partial charge in [-0.3, -0.25) is 5.41 Å². The topological polar surface area (TPSA) is 199 Å². The first-order chi connectivity index (χ1) is 20.2. The summed E-state index contributed by atoms with van der Waals surface area (Å²) in [6.07, 6.45) is 7.60. The van der Waals surface area contributed by atoms with Crippen molar-refractivity contribution in [2.75, 3.05) is 23.8 Å². The van der Waals surface area contributed by atoms with Gasteiger partial charge >= 0.3 is 0 Å². The van der Waals surface area contributed by atoms with Crippen LogP contribution in [0.4, 0.5) is 17.6 Å². The minimum Gasteiger partial charge on any atom is -0.480 e. The molecular formula is C31H40N8O4. The summed E-state index contributed by atoms with van der Waals surface area (Å²) in [4.78, 5) is 16.6. The van der Waals surface area contributed by atoms with Crippen molar-refractivity contribution in [3.05, 3.63) is 58.4 Å². The van der Waals surface area contributed by atoms with Gasteiger partial charge in [0.25, 0.3) is 11.5 Å². The number of hydrogen-bond acceptors (Lipinski definition) is 12. The van der Waals surface area contributed by atoms with Crippen molar-refractivity contribution < 1.29 is 18.4 Å². The van der Waals surface area contributed by atoms with E-state index < -0.39 is 0 Å². The van der Waals surface area contributed by atoms with Crippen molar-refractivity contribution in [2.45, 2.75) is 66.2 Å². The van der Waals surface area contributed by atoms with E-state index in [-0.39, 0.29) is 22.8 Å². The molecule has 5 aromatic rings. The van der Waals surface area contributed by atoms with Gasteiger partial charge in [-0.15, -0.1) is 0 Å². The Kier molecular flexibility index (Phi) is 8.79. The van der Waals surface area contributed by atoms with Crippen molar-refractivity contribution in [1.82, 2.24) is 19.9 Å². The molecule has 0 unspecified atom stereocenters. The summed E-state index contributed by atoms with van der Waals surface area (Å²) in [6.45, 7) is 14.6. The highest BCUT2D eigenvalue weighted by Gasteiger charge is 2.22. The van der Waals surface area contributed by atoms with E-state index in [2.05, 4.69) is 65.9 Å². The molecule has 5 heterocycles. The van der Waals surface area contributed by atoms with Gasteiger partial charge in [0.05, 0.1) is 18.2 Å². The maximum Gasteiger partial charge on any atom is 0.286 e. The zero-order chi connectivity index (χ0) is 31.6. The Morgan fingerprint density at radius 1 is 1.00 bits per heavy atom. The van der Waals surface area contributed by atoms with E-state index in [0.29, 0.717) is 34.7 Å². The summed E-state index contributed by atoms with van der Waals surface area (Å²) >= 11 is 0. The van der Waals surface area contributed by atoms with Gasteiger partial charge in [-0.05, 0) is 35.8 Å². The summed E-state index contributed by atoms with van der Waals surface area (Å²) in [5.74, 6) is 2.15. The minimum absolute atomic E-state index is 0.00600. The van der Waals surface area contributed by atoms with E-state index in [9.17, 15) is 5.11 Å². The van der Waals surface area contributed by atoms with Gasteiger partial charge in [0.1, 0.15) is 17.7 Å². The van der Waals surface area contributed by atoms with Crippen LogP contribution in [0.25, 0.3) is 28.1 Å². The molecule has 43 heavy (non-hydrogen) atoms. The van der Waals surface area contributed by atoms with Gasteiger partial charge in [0, 0.05) is 29.1 Å². The van der Waals surface area contributed by atoms with E-state index in [4.69, 9.17) is 30.1 Å². The van der Waals surface area contributed by atoms with Crippen LogP contribution in [0.1, 0.15) is 76.8 Å². The quantitative estimate of drug-likeness (QED) is 0.162. The van der Waals surface area contributed by atoms with Crippen LogP contribution in [-0.2, 0) is 11.8 Å². The molecule has 1 aliphatic carbocycles. The Labute approximate surface area is 249 Å². The number of fused-ring (bicyclic) bond motifs is 3. The average Bonchev–Trinajstić information content (AvgIpc) is 3.65. The monoisotopic (exact) mass is 588 g/mol. The van der Waals surface area contributed by atoms with E-state index in [0.717, 1.165) is 39.7 Å². The molecule has 0 saturated carbocycles. The number of nitrogens with one attached hydrogen (secondary N) is 2. The predicted octanol–water partition coefficient (Wildman–Crippen LogP) is 6.13. The summed E-state index contributed by atoms with van der Waals surface area (Å²) < 4.78 is 15.3. The molecule has 0 atom stereocenters. The SMILES string of the molecule is CC(C)(C)c1coc2c(N)ncnc12.CC(C)c1c(O)oc2c(=N)occc12.CNc1nc(N)c2c(n1)C=C(C(C)C)C2. The third-order valence-corrected chi connectivity index (χ3v) is 7.10. The van der Waals surface area contributed by atoms with E-state index in [1.165, 1.54) is 18.2 Å². The Bertz CT molecular complexity index is 1840. The number of nitrogen functional groups attached to an aromatic ring is 2. The second-order valence-corrected chi connectivity index (χ2v) is 11.9.